The van der Waals surface area contributed by atoms with Crippen molar-refractivity contribution in [2.24, 2.45) is 0 Å². The summed E-state index contributed by atoms with van der Waals surface area (Å²) in [5.41, 5.74) is 12.2. The predicted molar refractivity (Wildman–Crippen MR) is 255 cm³/mol. The summed E-state index contributed by atoms with van der Waals surface area (Å²) < 4.78 is 7.30. The molecule has 0 saturated heterocycles. The molecule has 5 heterocycles. The highest BCUT2D eigenvalue weighted by molar-refractivity contribution is 6.38. The van der Waals surface area contributed by atoms with Gasteiger partial charge in [-0.15, -0.1) is 0 Å². The highest BCUT2D eigenvalue weighted by Gasteiger charge is 2.28. The van der Waals surface area contributed by atoms with E-state index in [4.69, 9.17) is 9.97 Å². The molecule has 0 aliphatic rings. The molecule has 0 unspecified atom stereocenters. The third-order valence-electron chi connectivity index (χ3n) is 13.5. The lowest BCUT2D eigenvalue weighted by Crippen LogP contribution is -2.04. The van der Waals surface area contributed by atoms with Crippen molar-refractivity contribution in [3.05, 3.63) is 188 Å². The Balaban J connectivity index is 1.13. The smallest absolute Gasteiger partial charge is 0.235 e. The van der Waals surface area contributed by atoms with Gasteiger partial charge >= 0.3 is 0 Å². The molecule has 280 valence electrons. The van der Waals surface area contributed by atoms with Gasteiger partial charge in [0, 0.05) is 54.3 Å². The molecular weight excluding hydrogens is 743 g/mol. The molecular formula is C56H31N5. The zero-order valence-corrected chi connectivity index (χ0v) is 32.6. The molecule has 0 spiro atoms. The van der Waals surface area contributed by atoms with Crippen LogP contribution in [-0.2, 0) is 0 Å². The molecule has 5 aromatic heterocycles. The molecule has 0 saturated carbocycles. The highest BCUT2D eigenvalue weighted by atomic mass is 15.2. The summed E-state index contributed by atoms with van der Waals surface area (Å²) >= 11 is 0. The third-order valence-corrected chi connectivity index (χ3v) is 13.5. The molecule has 0 fully saturated rings. The molecule has 15 aromatic rings. The highest BCUT2D eigenvalue weighted by Crippen LogP contribution is 2.49. The maximum absolute atomic E-state index is 5.66. The quantitative estimate of drug-likeness (QED) is 0.168. The maximum Gasteiger partial charge on any atom is 0.235 e. The SMILES string of the molecule is c1ccc(-n2c3ccc4c5c3c3c2cccc3n2c3ccccc3c3ccc(c5c32)n4-c2nc(-c3ccc4c(ccc5ccccc54)c3)c3ccc4ccccc4c3n2)cc1. The number of nitrogens with zero attached hydrogens (tertiary/aromatic N) is 5. The summed E-state index contributed by atoms with van der Waals surface area (Å²) in [6, 6.07) is 68.6. The van der Waals surface area contributed by atoms with E-state index < -0.39 is 0 Å². The van der Waals surface area contributed by atoms with Crippen LogP contribution in [0.1, 0.15) is 0 Å². The lowest BCUT2D eigenvalue weighted by Gasteiger charge is -2.14. The first-order chi connectivity index (χ1) is 30.3. The Labute approximate surface area is 347 Å². The number of hydrogen-bond acceptors (Lipinski definition) is 2. The van der Waals surface area contributed by atoms with Crippen LogP contribution in [0.15, 0.2) is 188 Å². The summed E-state index contributed by atoms with van der Waals surface area (Å²) in [6.45, 7) is 0. The Morgan fingerprint density at radius 3 is 1.80 bits per heavy atom. The number of para-hydroxylation sites is 2. The molecule has 61 heavy (non-hydrogen) atoms. The van der Waals surface area contributed by atoms with Crippen LogP contribution in [0, 0.1) is 0 Å². The summed E-state index contributed by atoms with van der Waals surface area (Å²) in [4.78, 5) is 11.3. The van der Waals surface area contributed by atoms with Crippen molar-refractivity contribution in [2.45, 2.75) is 0 Å². The predicted octanol–water partition coefficient (Wildman–Crippen LogP) is 14.4. The molecule has 0 radical (unpaired) electrons. The van der Waals surface area contributed by atoms with Gasteiger partial charge < -0.3 is 8.97 Å². The van der Waals surface area contributed by atoms with Crippen LogP contribution in [0.2, 0.25) is 0 Å². The molecule has 10 aromatic carbocycles. The molecule has 5 nitrogen and oxygen atoms in total. The fourth-order valence-electron chi connectivity index (χ4n) is 11.0. The first-order valence-corrected chi connectivity index (χ1v) is 20.9. The molecule has 15 rings (SSSR count). The van der Waals surface area contributed by atoms with Crippen LogP contribution in [0.4, 0.5) is 0 Å². The van der Waals surface area contributed by atoms with E-state index in [1.165, 1.54) is 81.4 Å². The van der Waals surface area contributed by atoms with Gasteiger partial charge in [-0.25, -0.2) is 9.97 Å². The fraction of sp³-hybridized carbons (Fsp3) is 0. The minimum Gasteiger partial charge on any atom is -0.309 e. The second-order valence-corrected chi connectivity index (χ2v) is 16.5. The van der Waals surface area contributed by atoms with E-state index >= 15 is 0 Å². The van der Waals surface area contributed by atoms with E-state index in [1.54, 1.807) is 0 Å². The Bertz CT molecular complexity index is 4340. The third kappa shape index (κ3) is 3.96. The second kappa shape index (κ2) is 11.3. The van der Waals surface area contributed by atoms with Crippen molar-refractivity contribution in [3.63, 3.8) is 0 Å². The monoisotopic (exact) mass is 773 g/mol. The number of aromatic nitrogens is 5. The van der Waals surface area contributed by atoms with Gasteiger partial charge in [0.15, 0.2) is 0 Å². The van der Waals surface area contributed by atoms with Crippen LogP contribution in [0.5, 0.6) is 0 Å². The Kier molecular flexibility index (Phi) is 5.85. The van der Waals surface area contributed by atoms with Crippen molar-refractivity contribution in [2.75, 3.05) is 0 Å². The molecule has 0 aliphatic heterocycles. The van der Waals surface area contributed by atoms with Gasteiger partial charge in [0.2, 0.25) is 5.95 Å². The average molecular weight is 774 g/mol. The van der Waals surface area contributed by atoms with Crippen LogP contribution < -0.4 is 0 Å². The number of fused-ring (bicyclic) bond motifs is 10. The van der Waals surface area contributed by atoms with E-state index in [0.717, 1.165) is 49.7 Å². The van der Waals surface area contributed by atoms with Gasteiger partial charge in [0.1, 0.15) is 0 Å². The molecule has 0 amide bonds. The second-order valence-electron chi connectivity index (χ2n) is 16.5. The van der Waals surface area contributed by atoms with Crippen molar-refractivity contribution in [3.8, 4) is 22.9 Å². The lowest BCUT2D eigenvalue weighted by atomic mass is 9.97. The van der Waals surface area contributed by atoms with Gasteiger partial charge in [-0.05, 0) is 87.6 Å². The number of hydrogen-bond donors (Lipinski definition) is 0. The normalized spacial score (nSPS) is 12.6. The standard InChI is InChI=1S/C56H31N5/c1-2-13-36(14-3-1)59-44-19-10-20-45-49(44)50-46(59)29-30-47-51(50)52-48(28-27-41-40-17-8-9-18-43(40)60(45)55(41)52)61(47)56-57-53(42-26-23-33-12-5-7-16-39(33)54(42)58-56)35-24-25-38-34(31-35)22-21-32-11-4-6-15-37(32)38/h1-31H. The maximum atomic E-state index is 5.66. The summed E-state index contributed by atoms with van der Waals surface area (Å²) in [5.74, 6) is 0.659. The van der Waals surface area contributed by atoms with E-state index in [0.29, 0.717) is 5.95 Å². The number of benzene rings is 10. The van der Waals surface area contributed by atoms with E-state index in [1.807, 2.05) is 0 Å². The summed E-state index contributed by atoms with van der Waals surface area (Å²) in [7, 11) is 0. The van der Waals surface area contributed by atoms with Crippen molar-refractivity contribution in [1.29, 1.82) is 0 Å². The van der Waals surface area contributed by atoms with Gasteiger partial charge in [0.05, 0.1) is 49.8 Å². The van der Waals surface area contributed by atoms with Gasteiger partial charge in [-0.1, -0.05) is 127 Å². The van der Waals surface area contributed by atoms with Crippen molar-refractivity contribution < 1.29 is 0 Å². The summed E-state index contributed by atoms with van der Waals surface area (Å²) in [5, 5.41) is 15.7. The van der Waals surface area contributed by atoms with Crippen LogP contribution in [0.25, 0.3) is 137 Å². The Morgan fingerprint density at radius 2 is 0.918 bits per heavy atom. The first kappa shape index (κ1) is 31.7. The first-order valence-electron chi connectivity index (χ1n) is 20.9. The number of rotatable bonds is 3. The Hall–Kier alpha value is -8.28. The largest absolute Gasteiger partial charge is 0.309 e. The van der Waals surface area contributed by atoms with E-state index in [2.05, 4.69) is 202 Å². The van der Waals surface area contributed by atoms with Crippen LogP contribution >= 0.6 is 0 Å². The topological polar surface area (TPSA) is 40.0 Å². The van der Waals surface area contributed by atoms with Gasteiger partial charge in [0.25, 0.3) is 0 Å². The van der Waals surface area contributed by atoms with E-state index in [9.17, 15) is 0 Å². The fourth-order valence-corrected chi connectivity index (χ4v) is 11.0. The van der Waals surface area contributed by atoms with Crippen molar-refractivity contribution >= 4 is 114 Å². The van der Waals surface area contributed by atoms with Gasteiger partial charge in [-0.2, -0.15) is 0 Å². The molecule has 0 bridgehead atoms. The van der Waals surface area contributed by atoms with Crippen LogP contribution in [0.3, 0.4) is 0 Å². The average Bonchev–Trinajstić information content (AvgIpc) is 3.93. The minimum atomic E-state index is 0.659. The minimum absolute atomic E-state index is 0.659. The summed E-state index contributed by atoms with van der Waals surface area (Å²) in [6.07, 6.45) is 0. The van der Waals surface area contributed by atoms with Crippen molar-refractivity contribution in [1.82, 2.24) is 23.5 Å². The molecule has 0 N–H and O–H groups in total. The lowest BCUT2D eigenvalue weighted by molar-refractivity contribution is 1.02. The zero-order chi connectivity index (χ0) is 39.5. The molecule has 5 heteroatoms. The van der Waals surface area contributed by atoms with Crippen LogP contribution in [-0.4, -0.2) is 23.5 Å². The van der Waals surface area contributed by atoms with Gasteiger partial charge in [-0.3, -0.25) is 4.57 Å². The van der Waals surface area contributed by atoms with E-state index in [-0.39, 0.29) is 0 Å². The Morgan fingerprint density at radius 1 is 0.328 bits per heavy atom. The zero-order valence-electron chi connectivity index (χ0n) is 32.6. The molecule has 0 atom stereocenters. The molecule has 0 aliphatic carbocycles.